The van der Waals surface area contributed by atoms with Crippen LogP contribution in [0.2, 0.25) is 0 Å². The molecule has 0 fully saturated rings. The van der Waals surface area contributed by atoms with Crippen LogP contribution in [0.1, 0.15) is 33.1 Å². The van der Waals surface area contributed by atoms with E-state index in [1.54, 1.807) is 5.57 Å². The maximum absolute atomic E-state index is 2.39. The largest absolute Gasteiger partial charge is 0.0828 e. The van der Waals surface area contributed by atoms with Crippen molar-refractivity contribution in [3.8, 4) is 0 Å². The van der Waals surface area contributed by atoms with Crippen LogP contribution < -0.4 is 0 Å². The first-order valence-corrected chi connectivity index (χ1v) is 3.46. The van der Waals surface area contributed by atoms with Crippen LogP contribution in [0.5, 0.6) is 0 Å². The van der Waals surface area contributed by atoms with Crippen molar-refractivity contribution in [1.82, 2.24) is 0 Å². The first kappa shape index (κ1) is 5.87. The quantitative estimate of drug-likeness (QED) is 0.420. The van der Waals surface area contributed by atoms with Gasteiger partial charge < -0.3 is 0 Å². The Labute approximate surface area is 51.6 Å². The molecular weight excluding hydrogens is 96.1 g/mol. The molecular formula is C8H14. The lowest BCUT2D eigenvalue weighted by atomic mass is 9.93. The molecule has 0 heterocycles. The summed E-state index contributed by atoms with van der Waals surface area (Å²) < 4.78 is 0. The van der Waals surface area contributed by atoms with Gasteiger partial charge in [-0.15, -0.1) is 0 Å². The average Bonchev–Trinajstić information content (AvgIpc) is 1.64. The molecule has 0 spiro atoms. The summed E-state index contributed by atoms with van der Waals surface area (Å²) >= 11 is 0. The van der Waals surface area contributed by atoms with Gasteiger partial charge in [-0.1, -0.05) is 18.6 Å². The molecule has 0 heteroatoms. The molecule has 0 aromatic heterocycles. The van der Waals surface area contributed by atoms with Crippen molar-refractivity contribution in [1.29, 1.82) is 0 Å². The monoisotopic (exact) mass is 110 g/mol. The van der Waals surface area contributed by atoms with Gasteiger partial charge >= 0.3 is 0 Å². The average molecular weight is 110 g/mol. The third-order valence-corrected chi connectivity index (χ3v) is 1.80. The van der Waals surface area contributed by atoms with Crippen molar-refractivity contribution >= 4 is 0 Å². The third kappa shape index (κ3) is 1.36. The molecule has 0 nitrogen and oxygen atoms in total. The summed E-state index contributed by atoms with van der Waals surface area (Å²) in [5, 5.41) is 0. The van der Waals surface area contributed by atoms with Gasteiger partial charge in [0.1, 0.15) is 0 Å². The Hall–Kier alpha value is -0.260. The molecule has 0 aliphatic heterocycles. The van der Waals surface area contributed by atoms with Crippen LogP contribution in [0, 0.1) is 5.92 Å². The zero-order valence-corrected chi connectivity index (χ0v) is 5.78. The SMILES string of the molecule is CC1=C[C@H](C)CCC1. The topological polar surface area (TPSA) is 0 Å². The Morgan fingerprint density at radius 2 is 2.38 bits per heavy atom. The lowest BCUT2D eigenvalue weighted by molar-refractivity contribution is 0.568. The third-order valence-electron chi connectivity index (χ3n) is 1.80. The highest BCUT2D eigenvalue weighted by Crippen LogP contribution is 2.20. The minimum Gasteiger partial charge on any atom is -0.0828 e. The number of hydrogen-bond acceptors (Lipinski definition) is 0. The molecule has 1 rings (SSSR count). The van der Waals surface area contributed by atoms with E-state index < -0.39 is 0 Å². The predicted molar refractivity (Wildman–Crippen MR) is 36.8 cm³/mol. The zero-order valence-electron chi connectivity index (χ0n) is 5.78. The van der Waals surface area contributed by atoms with E-state index in [-0.39, 0.29) is 0 Å². The summed E-state index contributed by atoms with van der Waals surface area (Å²) in [5.74, 6) is 0.851. The van der Waals surface area contributed by atoms with Crippen molar-refractivity contribution in [3.63, 3.8) is 0 Å². The van der Waals surface area contributed by atoms with E-state index in [1.807, 2.05) is 0 Å². The first-order chi connectivity index (χ1) is 3.79. The van der Waals surface area contributed by atoms with Crippen LogP contribution in [0.25, 0.3) is 0 Å². The molecule has 0 saturated heterocycles. The van der Waals surface area contributed by atoms with Gasteiger partial charge in [0.25, 0.3) is 0 Å². The summed E-state index contributed by atoms with van der Waals surface area (Å²) in [4.78, 5) is 0. The lowest BCUT2D eigenvalue weighted by Gasteiger charge is -2.13. The molecule has 46 valence electrons. The van der Waals surface area contributed by atoms with Crippen LogP contribution >= 0.6 is 0 Å². The molecule has 0 radical (unpaired) electrons. The van der Waals surface area contributed by atoms with E-state index in [4.69, 9.17) is 0 Å². The fourth-order valence-electron chi connectivity index (χ4n) is 1.36. The van der Waals surface area contributed by atoms with Crippen molar-refractivity contribution in [2.45, 2.75) is 33.1 Å². The molecule has 1 aliphatic rings. The van der Waals surface area contributed by atoms with Crippen molar-refractivity contribution < 1.29 is 0 Å². The van der Waals surface area contributed by atoms with Gasteiger partial charge in [-0.25, -0.2) is 0 Å². The highest BCUT2D eigenvalue weighted by molar-refractivity contribution is 5.03. The lowest BCUT2D eigenvalue weighted by Crippen LogP contribution is -1.97. The minimum atomic E-state index is 0.851. The van der Waals surface area contributed by atoms with E-state index >= 15 is 0 Å². The van der Waals surface area contributed by atoms with Crippen LogP contribution in [-0.4, -0.2) is 0 Å². The van der Waals surface area contributed by atoms with Crippen LogP contribution in [0.4, 0.5) is 0 Å². The first-order valence-electron chi connectivity index (χ1n) is 3.46. The summed E-state index contributed by atoms with van der Waals surface area (Å²) in [6.07, 6.45) is 6.54. The Morgan fingerprint density at radius 1 is 1.62 bits per heavy atom. The molecule has 8 heavy (non-hydrogen) atoms. The van der Waals surface area contributed by atoms with E-state index in [0.29, 0.717) is 0 Å². The summed E-state index contributed by atoms with van der Waals surface area (Å²) in [6, 6.07) is 0. The highest BCUT2D eigenvalue weighted by Gasteiger charge is 2.04. The summed E-state index contributed by atoms with van der Waals surface area (Å²) in [7, 11) is 0. The van der Waals surface area contributed by atoms with Gasteiger partial charge in [0.2, 0.25) is 0 Å². The standard InChI is InChI=1S/C8H14/c1-7-4-3-5-8(2)6-7/h6-7H,3-5H2,1-2H3/t7-/m1/s1. The second-order valence-corrected chi connectivity index (χ2v) is 2.88. The number of rotatable bonds is 0. The van der Waals surface area contributed by atoms with Gasteiger partial charge in [0.05, 0.1) is 0 Å². The highest BCUT2D eigenvalue weighted by atomic mass is 14.1. The van der Waals surface area contributed by atoms with Crippen LogP contribution in [0.15, 0.2) is 11.6 Å². The molecule has 0 unspecified atom stereocenters. The van der Waals surface area contributed by atoms with E-state index in [2.05, 4.69) is 19.9 Å². The summed E-state index contributed by atoms with van der Waals surface area (Å²) in [6.45, 7) is 4.53. The Balaban J connectivity index is 2.50. The minimum absolute atomic E-state index is 0.851. The van der Waals surface area contributed by atoms with Crippen molar-refractivity contribution in [2.24, 2.45) is 5.92 Å². The van der Waals surface area contributed by atoms with Crippen molar-refractivity contribution in [3.05, 3.63) is 11.6 Å². The fourth-order valence-corrected chi connectivity index (χ4v) is 1.36. The molecule has 0 amide bonds. The van der Waals surface area contributed by atoms with Crippen molar-refractivity contribution in [2.75, 3.05) is 0 Å². The molecule has 0 aromatic rings. The summed E-state index contributed by atoms with van der Waals surface area (Å²) in [5.41, 5.74) is 1.59. The number of hydrogen-bond donors (Lipinski definition) is 0. The van der Waals surface area contributed by atoms with E-state index in [0.717, 1.165) is 5.92 Å². The smallest absolute Gasteiger partial charge is 0.0259 e. The second-order valence-electron chi connectivity index (χ2n) is 2.88. The number of allylic oxidation sites excluding steroid dienone is 2. The molecule has 0 N–H and O–H groups in total. The Kier molecular flexibility index (Phi) is 1.72. The van der Waals surface area contributed by atoms with E-state index in [9.17, 15) is 0 Å². The van der Waals surface area contributed by atoms with Gasteiger partial charge in [-0.2, -0.15) is 0 Å². The second kappa shape index (κ2) is 2.34. The van der Waals surface area contributed by atoms with Crippen LogP contribution in [0.3, 0.4) is 0 Å². The fraction of sp³-hybridized carbons (Fsp3) is 0.750. The van der Waals surface area contributed by atoms with Gasteiger partial charge in [-0.05, 0) is 32.1 Å². The molecule has 0 aromatic carbocycles. The van der Waals surface area contributed by atoms with E-state index in [1.165, 1.54) is 19.3 Å². The maximum atomic E-state index is 2.39. The molecule has 0 bridgehead atoms. The zero-order chi connectivity index (χ0) is 5.98. The van der Waals surface area contributed by atoms with Gasteiger partial charge in [-0.3, -0.25) is 0 Å². The van der Waals surface area contributed by atoms with Gasteiger partial charge in [0, 0.05) is 0 Å². The van der Waals surface area contributed by atoms with Crippen LogP contribution in [-0.2, 0) is 0 Å². The molecule has 0 saturated carbocycles. The van der Waals surface area contributed by atoms with Gasteiger partial charge in [0.15, 0.2) is 0 Å². The molecule has 1 atom stereocenters. The Morgan fingerprint density at radius 3 is 2.75 bits per heavy atom. The normalized spacial score (nSPS) is 29.8. The predicted octanol–water partition coefficient (Wildman–Crippen LogP) is 2.75. The Bertz CT molecular complexity index is 101. The maximum Gasteiger partial charge on any atom is -0.0259 e. The molecule has 1 aliphatic carbocycles.